The Kier molecular flexibility index (Phi) is 3.70. The molecule has 108 valence electrons. The zero-order valence-electron chi connectivity index (χ0n) is 12.3. The van der Waals surface area contributed by atoms with E-state index in [4.69, 9.17) is 4.74 Å². The van der Waals surface area contributed by atoms with Gasteiger partial charge in [0.1, 0.15) is 12.4 Å². The van der Waals surface area contributed by atoms with Gasteiger partial charge in [0.2, 0.25) is 11.8 Å². The van der Waals surface area contributed by atoms with Crippen LogP contribution in [0.15, 0.2) is 18.2 Å². The molecule has 2 rings (SSSR count). The van der Waals surface area contributed by atoms with Crippen LogP contribution in [0, 0.1) is 5.41 Å². The molecule has 1 aromatic rings. The number of amides is 2. The molecule has 1 N–H and O–H groups in total. The van der Waals surface area contributed by atoms with E-state index in [1.165, 1.54) is 6.92 Å². The van der Waals surface area contributed by atoms with Gasteiger partial charge in [0.05, 0.1) is 12.2 Å². The molecule has 5 heteroatoms. The van der Waals surface area contributed by atoms with Crippen molar-refractivity contribution < 1.29 is 14.3 Å². The largest absolute Gasteiger partial charge is 0.489 e. The Balaban J connectivity index is 2.24. The van der Waals surface area contributed by atoms with Crippen molar-refractivity contribution in [3.05, 3.63) is 18.2 Å². The molecule has 0 radical (unpaired) electrons. The van der Waals surface area contributed by atoms with Crippen LogP contribution >= 0.6 is 0 Å². The number of nitrogens with one attached hydrogen (secondary N) is 1. The van der Waals surface area contributed by atoms with E-state index in [1.807, 2.05) is 20.8 Å². The van der Waals surface area contributed by atoms with Crippen LogP contribution in [0.25, 0.3) is 0 Å². The molecule has 0 fully saturated rings. The SMILES string of the molecule is CC(=O)N1CCOc2cc(NC(=O)C(C)(C)C)ccc21. The quantitative estimate of drug-likeness (QED) is 0.857. The van der Waals surface area contributed by atoms with Crippen LogP contribution in [0.2, 0.25) is 0 Å². The van der Waals surface area contributed by atoms with Gasteiger partial charge in [-0.25, -0.2) is 0 Å². The number of hydrogen-bond donors (Lipinski definition) is 1. The summed E-state index contributed by atoms with van der Waals surface area (Å²) in [7, 11) is 0. The van der Waals surface area contributed by atoms with E-state index >= 15 is 0 Å². The lowest BCUT2D eigenvalue weighted by atomic mass is 9.95. The Morgan fingerprint density at radius 1 is 1.30 bits per heavy atom. The second-order valence-electron chi connectivity index (χ2n) is 5.91. The van der Waals surface area contributed by atoms with E-state index in [0.29, 0.717) is 24.6 Å². The molecule has 0 aliphatic carbocycles. The van der Waals surface area contributed by atoms with Gasteiger partial charge < -0.3 is 15.0 Å². The number of carbonyl (C=O) groups is 2. The van der Waals surface area contributed by atoms with E-state index in [2.05, 4.69) is 5.32 Å². The first kappa shape index (κ1) is 14.4. The summed E-state index contributed by atoms with van der Waals surface area (Å²) in [6, 6.07) is 5.34. The molecule has 5 nitrogen and oxygen atoms in total. The number of benzene rings is 1. The van der Waals surface area contributed by atoms with Crippen molar-refractivity contribution in [2.75, 3.05) is 23.4 Å². The van der Waals surface area contributed by atoms with Gasteiger partial charge in [-0.05, 0) is 12.1 Å². The monoisotopic (exact) mass is 276 g/mol. The summed E-state index contributed by atoms with van der Waals surface area (Å²) in [6.07, 6.45) is 0. The first-order chi connectivity index (χ1) is 9.29. The number of carbonyl (C=O) groups excluding carboxylic acids is 2. The summed E-state index contributed by atoms with van der Waals surface area (Å²) in [5.74, 6) is 0.552. The molecule has 0 saturated heterocycles. The Bertz CT molecular complexity index is 547. The van der Waals surface area contributed by atoms with Crippen molar-refractivity contribution in [2.45, 2.75) is 27.7 Å². The fourth-order valence-corrected chi connectivity index (χ4v) is 1.94. The Hall–Kier alpha value is -2.04. The second kappa shape index (κ2) is 5.15. The van der Waals surface area contributed by atoms with Crippen LogP contribution in [-0.4, -0.2) is 25.0 Å². The lowest BCUT2D eigenvalue weighted by Gasteiger charge is -2.29. The predicted molar refractivity (Wildman–Crippen MR) is 78.0 cm³/mol. The Morgan fingerprint density at radius 2 is 2.00 bits per heavy atom. The highest BCUT2D eigenvalue weighted by Crippen LogP contribution is 2.34. The minimum Gasteiger partial charge on any atom is -0.489 e. The normalized spacial score (nSPS) is 14.3. The van der Waals surface area contributed by atoms with Crippen molar-refractivity contribution in [3.63, 3.8) is 0 Å². The average Bonchev–Trinajstić information content (AvgIpc) is 2.36. The molecule has 0 bridgehead atoms. The second-order valence-corrected chi connectivity index (χ2v) is 5.91. The molecule has 20 heavy (non-hydrogen) atoms. The number of anilines is 2. The summed E-state index contributed by atoms with van der Waals surface area (Å²) < 4.78 is 5.57. The Morgan fingerprint density at radius 3 is 2.60 bits per heavy atom. The van der Waals surface area contributed by atoms with Crippen molar-refractivity contribution in [3.8, 4) is 5.75 Å². The number of hydrogen-bond acceptors (Lipinski definition) is 3. The van der Waals surface area contributed by atoms with Gasteiger partial charge >= 0.3 is 0 Å². The molecule has 1 aliphatic heterocycles. The third-order valence-electron chi connectivity index (χ3n) is 3.14. The first-order valence-corrected chi connectivity index (χ1v) is 6.65. The maximum Gasteiger partial charge on any atom is 0.229 e. The van der Waals surface area contributed by atoms with E-state index in [-0.39, 0.29) is 11.8 Å². The zero-order chi connectivity index (χ0) is 14.9. The van der Waals surface area contributed by atoms with Crippen LogP contribution in [-0.2, 0) is 9.59 Å². The highest BCUT2D eigenvalue weighted by atomic mass is 16.5. The van der Waals surface area contributed by atoms with Crippen LogP contribution in [0.3, 0.4) is 0 Å². The van der Waals surface area contributed by atoms with Gasteiger partial charge in [0, 0.05) is 24.1 Å². The lowest BCUT2D eigenvalue weighted by molar-refractivity contribution is -0.123. The molecule has 1 aromatic carbocycles. The Labute approximate surface area is 118 Å². The highest BCUT2D eigenvalue weighted by molar-refractivity contribution is 5.97. The zero-order valence-corrected chi connectivity index (χ0v) is 12.3. The lowest BCUT2D eigenvalue weighted by Crippen LogP contribution is -2.36. The van der Waals surface area contributed by atoms with E-state index in [1.54, 1.807) is 23.1 Å². The highest BCUT2D eigenvalue weighted by Gasteiger charge is 2.24. The van der Waals surface area contributed by atoms with Gasteiger partial charge in [0.15, 0.2) is 0 Å². The number of rotatable bonds is 1. The van der Waals surface area contributed by atoms with Crippen LogP contribution in [0.4, 0.5) is 11.4 Å². The minimum atomic E-state index is -0.456. The predicted octanol–water partition coefficient (Wildman–Crippen LogP) is 2.42. The molecular formula is C15H20N2O3. The summed E-state index contributed by atoms with van der Waals surface area (Å²) in [4.78, 5) is 25.2. The van der Waals surface area contributed by atoms with Crippen molar-refractivity contribution in [1.29, 1.82) is 0 Å². The molecule has 1 heterocycles. The molecule has 0 unspecified atom stereocenters. The standard InChI is InChI=1S/C15H20N2O3/c1-10(18)17-7-8-20-13-9-11(5-6-12(13)17)16-14(19)15(2,3)4/h5-6,9H,7-8H2,1-4H3,(H,16,19). The van der Waals surface area contributed by atoms with Crippen molar-refractivity contribution in [1.82, 2.24) is 0 Å². The van der Waals surface area contributed by atoms with Crippen LogP contribution < -0.4 is 15.0 Å². The molecule has 0 aromatic heterocycles. The fraction of sp³-hybridized carbons (Fsp3) is 0.467. The molecule has 0 atom stereocenters. The number of ether oxygens (including phenoxy) is 1. The third kappa shape index (κ3) is 2.92. The number of fused-ring (bicyclic) bond motifs is 1. The average molecular weight is 276 g/mol. The maximum atomic E-state index is 12.0. The van der Waals surface area contributed by atoms with Gasteiger partial charge in [-0.15, -0.1) is 0 Å². The van der Waals surface area contributed by atoms with E-state index in [0.717, 1.165) is 5.69 Å². The summed E-state index contributed by atoms with van der Waals surface area (Å²) in [5.41, 5.74) is 0.967. The summed E-state index contributed by atoms with van der Waals surface area (Å²) in [5, 5.41) is 2.85. The van der Waals surface area contributed by atoms with Crippen LogP contribution in [0.5, 0.6) is 5.75 Å². The van der Waals surface area contributed by atoms with E-state index < -0.39 is 5.41 Å². The van der Waals surface area contributed by atoms with Gasteiger partial charge in [-0.1, -0.05) is 20.8 Å². The van der Waals surface area contributed by atoms with E-state index in [9.17, 15) is 9.59 Å². The summed E-state index contributed by atoms with van der Waals surface area (Å²) >= 11 is 0. The van der Waals surface area contributed by atoms with Gasteiger partial charge in [-0.2, -0.15) is 0 Å². The summed E-state index contributed by atoms with van der Waals surface area (Å²) in [6.45, 7) is 8.11. The van der Waals surface area contributed by atoms with Crippen molar-refractivity contribution >= 4 is 23.2 Å². The molecule has 2 amide bonds. The molecule has 0 spiro atoms. The van der Waals surface area contributed by atoms with Crippen LogP contribution in [0.1, 0.15) is 27.7 Å². The third-order valence-corrected chi connectivity index (χ3v) is 3.14. The minimum absolute atomic E-state index is 0.0129. The van der Waals surface area contributed by atoms with Gasteiger partial charge in [0.25, 0.3) is 0 Å². The van der Waals surface area contributed by atoms with Gasteiger partial charge in [-0.3, -0.25) is 9.59 Å². The number of nitrogens with zero attached hydrogens (tertiary/aromatic N) is 1. The smallest absolute Gasteiger partial charge is 0.229 e. The maximum absolute atomic E-state index is 12.0. The van der Waals surface area contributed by atoms with Crippen molar-refractivity contribution in [2.24, 2.45) is 5.41 Å². The molecule has 1 aliphatic rings. The topological polar surface area (TPSA) is 58.6 Å². The molecule has 0 saturated carbocycles. The molecular weight excluding hydrogens is 256 g/mol. The fourth-order valence-electron chi connectivity index (χ4n) is 1.94. The first-order valence-electron chi connectivity index (χ1n) is 6.65.